The number of nitrogens with zero attached hydrogens (tertiary/aromatic N) is 1. The van der Waals surface area contributed by atoms with Gasteiger partial charge in [0.25, 0.3) is 0 Å². The van der Waals surface area contributed by atoms with Crippen molar-refractivity contribution >= 4 is 5.71 Å². The Balaban J connectivity index is 1.89. The van der Waals surface area contributed by atoms with Crippen LogP contribution in [0.25, 0.3) is 0 Å². The van der Waals surface area contributed by atoms with Gasteiger partial charge in [-0.25, -0.2) is 0 Å². The zero-order valence-corrected chi connectivity index (χ0v) is 11.5. The van der Waals surface area contributed by atoms with E-state index in [1.54, 1.807) is 0 Å². The number of rotatable bonds is 4. The van der Waals surface area contributed by atoms with E-state index in [2.05, 4.69) is 4.99 Å². The highest BCUT2D eigenvalue weighted by molar-refractivity contribution is 5.82. The molecule has 1 fully saturated rings. The SMILES string of the molecule is CC(C[C@@H]1OC[C@@H](O)[C@H](O)[C@H]1O)=NCc1ccccc1. The number of ether oxygens (including phenoxy) is 1. The lowest BCUT2D eigenvalue weighted by molar-refractivity contribution is -0.184. The van der Waals surface area contributed by atoms with Gasteiger partial charge in [0, 0.05) is 12.1 Å². The van der Waals surface area contributed by atoms with Crippen LogP contribution in [0.5, 0.6) is 0 Å². The van der Waals surface area contributed by atoms with E-state index < -0.39 is 24.4 Å². The first kappa shape index (κ1) is 15.1. The van der Waals surface area contributed by atoms with Crippen LogP contribution < -0.4 is 0 Å². The Morgan fingerprint density at radius 3 is 2.60 bits per heavy atom. The molecule has 0 saturated carbocycles. The van der Waals surface area contributed by atoms with Crippen molar-refractivity contribution in [2.75, 3.05) is 6.61 Å². The fourth-order valence-corrected chi connectivity index (χ4v) is 2.21. The highest BCUT2D eigenvalue weighted by Gasteiger charge is 2.37. The second-order valence-electron chi connectivity index (χ2n) is 5.16. The van der Waals surface area contributed by atoms with Gasteiger partial charge in [-0.05, 0) is 12.5 Å². The Bertz CT molecular complexity index is 448. The van der Waals surface area contributed by atoms with Gasteiger partial charge in [0.05, 0.1) is 19.3 Å². The normalized spacial score (nSPS) is 31.3. The summed E-state index contributed by atoms with van der Waals surface area (Å²) in [6.45, 7) is 2.49. The van der Waals surface area contributed by atoms with Crippen molar-refractivity contribution < 1.29 is 20.1 Å². The molecular weight excluding hydrogens is 258 g/mol. The number of benzene rings is 1. The molecule has 1 saturated heterocycles. The minimum absolute atomic E-state index is 0.0366. The molecule has 1 aliphatic rings. The fourth-order valence-electron chi connectivity index (χ4n) is 2.21. The fraction of sp³-hybridized carbons (Fsp3) is 0.533. The van der Waals surface area contributed by atoms with E-state index >= 15 is 0 Å². The predicted molar refractivity (Wildman–Crippen MR) is 75.6 cm³/mol. The van der Waals surface area contributed by atoms with Gasteiger partial charge in [-0.2, -0.15) is 0 Å². The van der Waals surface area contributed by atoms with Crippen molar-refractivity contribution in [3.63, 3.8) is 0 Å². The van der Waals surface area contributed by atoms with Crippen molar-refractivity contribution in [1.29, 1.82) is 0 Å². The number of aliphatic imine (C=N–C) groups is 1. The summed E-state index contributed by atoms with van der Waals surface area (Å²) in [4.78, 5) is 4.45. The average molecular weight is 279 g/mol. The lowest BCUT2D eigenvalue weighted by Crippen LogP contribution is -2.53. The summed E-state index contributed by atoms with van der Waals surface area (Å²) in [5.41, 5.74) is 1.97. The lowest BCUT2D eigenvalue weighted by Gasteiger charge is -2.35. The quantitative estimate of drug-likeness (QED) is 0.702. The van der Waals surface area contributed by atoms with Crippen LogP contribution in [-0.4, -0.2) is 52.1 Å². The maximum atomic E-state index is 9.85. The summed E-state index contributed by atoms with van der Waals surface area (Å²) in [5, 5.41) is 28.9. The number of hydrogen-bond acceptors (Lipinski definition) is 5. The summed E-state index contributed by atoms with van der Waals surface area (Å²) in [6.07, 6.45) is -3.34. The largest absolute Gasteiger partial charge is 0.388 e. The Morgan fingerprint density at radius 1 is 1.20 bits per heavy atom. The second-order valence-corrected chi connectivity index (χ2v) is 5.16. The first-order valence-corrected chi connectivity index (χ1v) is 6.77. The smallest absolute Gasteiger partial charge is 0.111 e. The number of aliphatic hydroxyl groups excluding tert-OH is 3. The van der Waals surface area contributed by atoms with E-state index in [9.17, 15) is 15.3 Å². The van der Waals surface area contributed by atoms with E-state index in [1.807, 2.05) is 37.3 Å². The van der Waals surface area contributed by atoms with Crippen LogP contribution in [0.2, 0.25) is 0 Å². The maximum Gasteiger partial charge on any atom is 0.111 e. The van der Waals surface area contributed by atoms with Crippen molar-refractivity contribution in [2.24, 2.45) is 4.99 Å². The minimum atomic E-state index is -1.16. The van der Waals surface area contributed by atoms with Crippen LogP contribution in [0.3, 0.4) is 0 Å². The van der Waals surface area contributed by atoms with Crippen LogP contribution in [0.1, 0.15) is 18.9 Å². The first-order chi connectivity index (χ1) is 9.58. The van der Waals surface area contributed by atoms with Crippen LogP contribution >= 0.6 is 0 Å². The van der Waals surface area contributed by atoms with Crippen LogP contribution in [0, 0.1) is 0 Å². The molecule has 1 aromatic carbocycles. The summed E-state index contributed by atoms with van der Waals surface area (Å²) < 4.78 is 5.35. The van der Waals surface area contributed by atoms with Gasteiger partial charge in [0.2, 0.25) is 0 Å². The zero-order chi connectivity index (χ0) is 14.5. The Hall–Kier alpha value is -1.27. The average Bonchev–Trinajstić information content (AvgIpc) is 2.47. The van der Waals surface area contributed by atoms with Crippen molar-refractivity contribution in [2.45, 2.75) is 44.3 Å². The third-order valence-corrected chi connectivity index (χ3v) is 3.48. The highest BCUT2D eigenvalue weighted by atomic mass is 16.5. The monoisotopic (exact) mass is 279 g/mol. The van der Waals surface area contributed by atoms with Gasteiger partial charge in [-0.1, -0.05) is 30.3 Å². The molecule has 0 unspecified atom stereocenters. The second kappa shape index (κ2) is 6.95. The van der Waals surface area contributed by atoms with Gasteiger partial charge >= 0.3 is 0 Å². The molecule has 0 bridgehead atoms. The Labute approximate surface area is 118 Å². The highest BCUT2D eigenvalue weighted by Crippen LogP contribution is 2.18. The van der Waals surface area contributed by atoms with Crippen molar-refractivity contribution in [3.05, 3.63) is 35.9 Å². The number of aliphatic hydroxyl groups is 3. The van der Waals surface area contributed by atoms with E-state index in [1.165, 1.54) is 0 Å². The van der Waals surface area contributed by atoms with Crippen LogP contribution in [0.4, 0.5) is 0 Å². The topological polar surface area (TPSA) is 82.3 Å². The molecule has 1 aliphatic heterocycles. The molecule has 2 rings (SSSR count). The van der Waals surface area contributed by atoms with E-state index in [4.69, 9.17) is 4.74 Å². The Kier molecular flexibility index (Phi) is 5.25. The molecule has 0 aliphatic carbocycles. The third-order valence-electron chi connectivity index (χ3n) is 3.48. The van der Waals surface area contributed by atoms with E-state index in [0.717, 1.165) is 11.3 Å². The number of hydrogen-bond donors (Lipinski definition) is 3. The molecule has 1 aromatic rings. The molecule has 20 heavy (non-hydrogen) atoms. The first-order valence-electron chi connectivity index (χ1n) is 6.77. The van der Waals surface area contributed by atoms with Crippen LogP contribution in [-0.2, 0) is 11.3 Å². The third kappa shape index (κ3) is 3.86. The molecule has 5 nitrogen and oxygen atoms in total. The molecule has 5 heteroatoms. The molecule has 0 radical (unpaired) electrons. The van der Waals surface area contributed by atoms with Gasteiger partial charge in [-0.15, -0.1) is 0 Å². The summed E-state index contributed by atoms with van der Waals surface area (Å²) in [6, 6.07) is 9.89. The van der Waals surface area contributed by atoms with Crippen molar-refractivity contribution in [3.8, 4) is 0 Å². The van der Waals surface area contributed by atoms with Gasteiger partial charge in [0.1, 0.15) is 18.3 Å². The molecule has 0 spiro atoms. The van der Waals surface area contributed by atoms with Gasteiger partial charge in [-0.3, -0.25) is 4.99 Å². The van der Waals surface area contributed by atoms with Crippen molar-refractivity contribution in [1.82, 2.24) is 0 Å². The minimum Gasteiger partial charge on any atom is -0.388 e. The molecular formula is C15H21NO4. The predicted octanol–water partition coefficient (Wildman–Crippen LogP) is 0.519. The molecule has 110 valence electrons. The standard InChI is InChI=1S/C15H21NO4/c1-10(16-8-11-5-3-2-4-6-11)7-13-15(19)14(18)12(17)9-20-13/h2-6,12-15,17-19H,7-9H2,1H3/t12-,13+,14+,15+/m1/s1. The van der Waals surface area contributed by atoms with Gasteiger partial charge in [0.15, 0.2) is 0 Å². The Morgan fingerprint density at radius 2 is 1.90 bits per heavy atom. The zero-order valence-electron chi connectivity index (χ0n) is 11.5. The maximum absolute atomic E-state index is 9.85. The lowest BCUT2D eigenvalue weighted by atomic mass is 9.96. The summed E-state index contributed by atoms with van der Waals surface area (Å²) >= 11 is 0. The molecule has 0 aromatic heterocycles. The summed E-state index contributed by atoms with van der Waals surface area (Å²) in [7, 11) is 0. The molecule has 3 N–H and O–H groups in total. The molecule has 1 heterocycles. The van der Waals surface area contributed by atoms with Gasteiger partial charge < -0.3 is 20.1 Å². The van der Waals surface area contributed by atoms with Crippen LogP contribution in [0.15, 0.2) is 35.3 Å². The molecule has 4 atom stereocenters. The van der Waals surface area contributed by atoms with E-state index in [0.29, 0.717) is 13.0 Å². The van der Waals surface area contributed by atoms with E-state index in [-0.39, 0.29) is 6.61 Å². The summed E-state index contributed by atoms with van der Waals surface area (Å²) in [5.74, 6) is 0. The molecule has 0 amide bonds.